The number of ether oxygens (including phenoxy) is 3. The maximum absolute atomic E-state index is 13.2. The normalized spacial score (nSPS) is 18.4. The minimum absolute atomic E-state index is 0.0237. The molecule has 0 saturated carbocycles. The molecule has 2 aromatic rings. The van der Waals surface area contributed by atoms with E-state index in [0.717, 1.165) is 11.3 Å². The third-order valence-electron chi connectivity index (χ3n) is 5.89. The van der Waals surface area contributed by atoms with Crippen molar-refractivity contribution in [2.24, 2.45) is 0 Å². The second-order valence-electron chi connectivity index (χ2n) is 9.15. The van der Waals surface area contributed by atoms with E-state index in [9.17, 15) is 36.7 Å². The molecule has 224 valence electrons. The number of Topliss-reactive ketones (excluding diaryl/α,β-unsaturated/α-hetero) is 1. The van der Waals surface area contributed by atoms with Gasteiger partial charge in [0.05, 0.1) is 37.1 Å². The molecule has 2 heterocycles. The van der Waals surface area contributed by atoms with Crippen LogP contribution >= 0.6 is 11.3 Å². The van der Waals surface area contributed by atoms with Gasteiger partial charge in [-0.05, 0) is 25.8 Å². The summed E-state index contributed by atoms with van der Waals surface area (Å²) in [5, 5.41) is 7.28. The molecular weight excluding hydrogens is 576 g/mol. The number of hydrogen-bond acceptors (Lipinski definition) is 9. The summed E-state index contributed by atoms with van der Waals surface area (Å²) in [5.74, 6) is -3.60. The molecule has 0 unspecified atom stereocenters. The highest BCUT2D eigenvalue weighted by molar-refractivity contribution is 7.13. The topological polar surface area (TPSA) is 148 Å². The Bertz CT molecular complexity index is 1210. The molecule has 1 saturated heterocycles. The fourth-order valence-electron chi connectivity index (χ4n) is 3.62. The molecule has 1 aliphatic heterocycles. The van der Waals surface area contributed by atoms with Gasteiger partial charge in [-0.3, -0.25) is 19.2 Å². The van der Waals surface area contributed by atoms with Crippen LogP contribution in [0.2, 0.25) is 0 Å². The van der Waals surface area contributed by atoms with Gasteiger partial charge < -0.3 is 30.2 Å². The van der Waals surface area contributed by atoms with Crippen LogP contribution in [0.5, 0.6) is 0 Å². The van der Waals surface area contributed by atoms with E-state index < -0.39 is 73.7 Å². The largest absolute Gasteiger partial charge is 0.361 e. The monoisotopic (exact) mass is 604 g/mol. The van der Waals surface area contributed by atoms with Crippen LogP contribution in [0, 0.1) is 6.92 Å². The van der Waals surface area contributed by atoms with Crippen LogP contribution in [-0.4, -0.2) is 85.3 Å². The van der Waals surface area contributed by atoms with Crippen molar-refractivity contribution in [3.63, 3.8) is 0 Å². The molecule has 1 fully saturated rings. The lowest BCUT2D eigenvalue weighted by Gasteiger charge is -2.25. The van der Waals surface area contributed by atoms with Crippen molar-refractivity contribution in [3.8, 4) is 0 Å². The molecule has 0 aliphatic carbocycles. The third-order valence-corrected chi connectivity index (χ3v) is 6.80. The van der Waals surface area contributed by atoms with Gasteiger partial charge in [0.2, 0.25) is 11.8 Å². The number of ketones is 1. The molecule has 11 nitrogen and oxygen atoms in total. The van der Waals surface area contributed by atoms with Crippen molar-refractivity contribution in [2.45, 2.75) is 57.2 Å². The number of alkyl halides is 4. The van der Waals surface area contributed by atoms with Gasteiger partial charge in [0.1, 0.15) is 22.6 Å². The van der Waals surface area contributed by atoms with Gasteiger partial charge >= 0.3 is 13.2 Å². The van der Waals surface area contributed by atoms with Crippen LogP contribution in [0.4, 0.5) is 17.6 Å². The molecule has 41 heavy (non-hydrogen) atoms. The number of amides is 3. The number of aromatic nitrogens is 1. The number of thiazole rings is 1. The number of carbonyl (C=O) groups is 4. The Balaban J connectivity index is 1.77. The first kappa shape index (κ1) is 32.0. The quantitative estimate of drug-likeness (QED) is 0.193. The van der Waals surface area contributed by atoms with E-state index >= 15 is 0 Å². The standard InChI is InChI=1S/C25H28F4N4O7S/c1-13-30-9-18(41-13)22(37)33-17(11-39-24(28)29)21(36)32-16(10-38-23(26)27)20(35)31-15(19(34)25(2)12-40-25)8-14-6-4-3-5-7-14/h3-7,9,15-17,23-24H,8,10-12H2,1-2H3,(H,31,35)(H,32,36)(H,33,37)/t15-,16-,17-,25+/m1/s1. The van der Waals surface area contributed by atoms with E-state index in [1.807, 2.05) is 0 Å². The molecule has 0 radical (unpaired) electrons. The third kappa shape index (κ3) is 9.84. The summed E-state index contributed by atoms with van der Waals surface area (Å²) in [7, 11) is 0. The zero-order valence-corrected chi connectivity index (χ0v) is 22.7. The van der Waals surface area contributed by atoms with Crippen molar-refractivity contribution >= 4 is 34.8 Å². The van der Waals surface area contributed by atoms with Gasteiger partial charge in [0.25, 0.3) is 5.91 Å². The fourth-order valence-corrected chi connectivity index (χ4v) is 4.30. The fraction of sp³-hybridized carbons (Fsp3) is 0.480. The van der Waals surface area contributed by atoms with Crippen LogP contribution in [0.15, 0.2) is 36.5 Å². The highest BCUT2D eigenvalue weighted by Crippen LogP contribution is 2.29. The van der Waals surface area contributed by atoms with Gasteiger partial charge in [-0.2, -0.15) is 17.6 Å². The zero-order valence-electron chi connectivity index (χ0n) is 21.9. The average Bonchev–Trinajstić information content (AvgIpc) is 3.53. The van der Waals surface area contributed by atoms with Crippen LogP contribution in [-0.2, 0) is 35.0 Å². The summed E-state index contributed by atoms with van der Waals surface area (Å²) in [6, 6.07) is 3.86. The number of nitrogens with zero attached hydrogens (tertiary/aromatic N) is 1. The van der Waals surface area contributed by atoms with Crippen LogP contribution < -0.4 is 16.0 Å². The van der Waals surface area contributed by atoms with E-state index in [0.29, 0.717) is 10.6 Å². The van der Waals surface area contributed by atoms with Gasteiger partial charge in [-0.15, -0.1) is 11.3 Å². The van der Waals surface area contributed by atoms with E-state index in [2.05, 4.69) is 30.4 Å². The Morgan fingerprint density at radius 3 is 1.98 bits per heavy atom. The molecule has 1 aliphatic rings. The molecule has 4 atom stereocenters. The van der Waals surface area contributed by atoms with Crippen LogP contribution in [0.3, 0.4) is 0 Å². The first-order valence-corrected chi connectivity index (χ1v) is 13.1. The van der Waals surface area contributed by atoms with Crippen molar-refractivity contribution in [1.29, 1.82) is 0 Å². The van der Waals surface area contributed by atoms with Crippen molar-refractivity contribution in [2.75, 3.05) is 19.8 Å². The van der Waals surface area contributed by atoms with E-state index in [1.54, 1.807) is 37.3 Å². The maximum atomic E-state index is 13.2. The second-order valence-corrected chi connectivity index (χ2v) is 10.4. The summed E-state index contributed by atoms with van der Waals surface area (Å²) in [5.41, 5.74) is -0.480. The first-order valence-electron chi connectivity index (χ1n) is 12.2. The average molecular weight is 605 g/mol. The number of rotatable bonds is 16. The number of nitrogens with one attached hydrogen (secondary N) is 3. The molecule has 3 N–H and O–H groups in total. The van der Waals surface area contributed by atoms with E-state index in [-0.39, 0.29) is 17.9 Å². The summed E-state index contributed by atoms with van der Waals surface area (Å²) in [4.78, 5) is 55.7. The lowest BCUT2D eigenvalue weighted by Crippen LogP contribution is -2.59. The number of carbonyl (C=O) groups excluding carboxylic acids is 4. The summed E-state index contributed by atoms with van der Waals surface area (Å²) < 4.78 is 64.8. The van der Waals surface area contributed by atoms with Crippen molar-refractivity contribution in [1.82, 2.24) is 20.9 Å². The highest BCUT2D eigenvalue weighted by Gasteiger charge is 2.50. The summed E-state index contributed by atoms with van der Waals surface area (Å²) in [6.07, 6.45) is 1.23. The maximum Gasteiger partial charge on any atom is 0.345 e. The number of benzene rings is 1. The molecule has 3 rings (SSSR count). The number of aryl methyl sites for hydroxylation is 1. The van der Waals surface area contributed by atoms with Gasteiger partial charge in [0.15, 0.2) is 5.78 Å². The molecule has 1 aromatic carbocycles. The highest BCUT2D eigenvalue weighted by atomic mass is 32.1. The molecule has 0 spiro atoms. The van der Waals surface area contributed by atoms with Crippen LogP contribution in [0.25, 0.3) is 0 Å². The van der Waals surface area contributed by atoms with Crippen LogP contribution in [0.1, 0.15) is 27.2 Å². The van der Waals surface area contributed by atoms with Crippen molar-refractivity contribution < 1.29 is 51.0 Å². The second kappa shape index (κ2) is 14.4. The van der Waals surface area contributed by atoms with E-state index in [1.165, 1.54) is 13.1 Å². The molecule has 16 heteroatoms. The minimum atomic E-state index is -3.32. The molecule has 3 amide bonds. The lowest BCUT2D eigenvalue weighted by atomic mass is 9.94. The molecule has 0 bridgehead atoms. The summed E-state index contributed by atoms with van der Waals surface area (Å²) in [6.45, 7) is -5.42. The Labute approximate surface area is 235 Å². The van der Waals surface area contributed by atoms with Crippen molar-refractivity contribution in [3.05, 3.63) is 52.0 Å². The zero-order chi connectivity index (χ0) is 30.2. The predicted molar refractivity (Wildman–Crippen MR) is 135 cm³/mol. The van der Waals surface area contributed by atoms with Gasteiger partial charge in [-0.1, -0.05) is 30.3 Å². The Kier molecular flexibility index (Phi) is 11.3. The summed E-state index contributed by atoms with van der Waals surface area (Å²) >= 11 is 0.968. The smallest absolute Gasteiger partial charge is 0.345 e. The Morgan fingerprint density at radius 2 is 1.49 bits per heavy atom. The molecule has 1 aromatic heterocycles. The number of halogens is 4. The van der Waals surface area contributed by atoms with E-state index in [4.69, 9.17) is 4.74 Å². The Morgan fingerprint density at radius 1 is 0.951 bits per heavy atom. The Hall–Kier alpha value is -3.47. The minimum Gasteiger partial charge on any atom is -0.361 e. The first-order chi connectivity index (χ1) is 19.4. The number of hydrogen-bond donors (Lipinski definition) is 3. The number of epoxide rings is 1. The van der Waals surface area contributed by atoms with Gasteiger partial charge in [0, 0.05) is 0 Å². The SMILES string of the molecule is Cc1ncc(C(=O)N[C@H](COC(F)F)C(=O)N[C@H](COC(F)F)C(=O)N[C@H](Cc2ccccc2)C(=O)[C@]2(C)CO2)s1. The predicted octanol–water partition coefficient (Wildman–Crippen LogP) is 1.60. The lowest BCUT2D eigenvalue weighted by molar-refractivity contribution is -0.152. The molecular formula is C25H28F4N4O7S. The van der Waals surface area contributed by atoms with Gasteiger partial charge in [-0.25, -0.2) is 4.98 Å².